The summed E-state index contributed by atoms with van der Waals surface area (Å²) in [5, 5.41) is 12.7. The van der Waals surface area contributed by atoms with Gasteiger partial charge in [0, 0.05) is 6.54 Å². The Balaban J connectivity index is 2.25. The highest BCUT2D eigenvalue weighted by Gasteiger charge is 2.29. The van der Waals surface area contributed by atoms with E-state index in [2.05, 4.69) is 5.32 Å². The van der Waals surface area contributed by atoms with Crippen molar-refractivity contribution in [2.45, 2.75) is 57.7 Å². The third-order valence-electron chi connectivity index (χ3n) is 2.69. The number of aliphatic hydroxyl groups is 1. The van der Waals surface area contributed by atoms with Gasteiger partial charge in [0.05, 0.1) is 11.7 Å². The van der Waals surface area contributed by atoms with Crippen LogP contribution in [0.4, 0.5) is 4.79 Å². The molecule has 0 heterocycles. The number of nitrogens with one attached hydrogen (secondary N) is 1. The Bertz CT molecular complexity index is 210. The molecule has 4 nitrogen and oxygen atoms in total. The Hall–Kier alpha value is -0.770. The zero-order valence-corrected chi connectivity index (χ0v) is 9.58. The molecule has 0 aliphatic heterocycles. The summed E-state index contributed by atoms with van der Waals surface area (Å²) >= 11 is 0. The number of ether oxygens (including phenoxy) is 1. The topological polar surface area (TPSA) is 58.6 Å². The van der Waals surface area contributed by atoms with Gasteiger partial charge in [0.2, 0.25) is 0 Å². The molecule has 15 heavy (non-hydrogen) atoms. The molecule has 0 saturated heterocycles. The van der Waals surface area contributed by atoms with E-state index in [-0.39, 0.29) is 6.10 Å². The standard InChI is InChI=1S/C11H21NO3/c1-9(2)15-10(13)12-8-11(14)6-4-3-5-7-11/h9,14H,3-8H2,1-2H3,(H,12,13). The number of amides is 1. The molecule has 1 fully saturated rings. The average Bonchev–Trinajstić information content (AvgIpc) is 2.15. The van der Waals surface area contributed by atoms with Crippen LogP contribution in [0.1, 0.15) is 46.0 Å². The minimum atomic E-state index is -0.714. The summed E-state index contributed by atoms with van der Waals surface area (Å²) in [6.45, 7) is 3.91. The molecule has 1 rings (SSSR count). The van der Waals surface area contributed by atoms with Gasteiger partial charge in [-0.3, -0.25) is 0 Å². The quantitative estimate of drug-likeness (QED) is 0.755. The van der Waals surface area contributed by atoms with Crippen molar-refractivity contribution in [3.63, 3.8) is 0 Å². The van der Waals surface area contributed by atoms with Gasteiger partial charge in [0.15, 0.2) is 0 Å². The summed E-state index contributed by atoms with van der Waals surface area (Å²) < 4.78 is 4.93. The van der Waals surface area contributed by atoms with Crippen molar-refractivity contribution < 1.29 is 14.6 Å². The van der Waals surface area contributed by atoms with E-state index in [4.69, 9.17) is 4.74 Å². The Labute approximate surface area is 91.0 Å². The van der Waals surface area contributed by atoms with Crippen molar-refractivity contribution in [2.24, 2.45) is 0 Å². The van der Waals surface area contributed by atoms with Crippen molar-refractivity contribution in [2.75, 3.05) is 6.54 Å². The number of carbonyl (C=O) groups is 1. The lowest BCUT2D eigenvalue weighted by Crippen LogP contribution is -2.44. The highest BCUT2D eigenvalue weighted by Crippen LogP contribution is 2.27. The van der Waals surface area contributed by atoms with Crippen LogP contribution in [0, 0.1) is 0 Å². The van der Waals surface area contributed by atoms with E-state index in [9.17, 15) is 9.90 Å². The van der Waals surface area contributed by atoms with Gasteiger partial charge < -0.3 is 15.2 Å². The van der Waals surface area contributed by atoms with Gasteiger partial charge in [0.1, 0.15) is 0 Å². The molecule has 1 saturated carbocycles. The van der Waals surface area contributed by atoms with Gasteiger partial charge in [-0.25, -0.2) is 4.79 Å². The van der Waals surface area contributed by atoms with E-state index < -0.39 is 11.7 Å². The molecular formula is C11H21NO3. The third-order valence-corrected chi connectivity index (χ3v) is 2.69. The molecule has 0 spiro atoms. The van der Waals surface area contributed by atoms with Crippen LogP contribution in [0.2, 0.25) is 0 Å². The molecule has 2 N–H and O–H groups in total. The summed E-state index contributed by atoms with van der Waals surface area (Å²) in [5.74, 6) is 0. The van der Waals surface area contributed by atoms with Gasteiger partial charge >= 0.3 is 6.09 Å². The van der Waals surface area contributed by atoms with Crippen molar-refractivity contribution in [1.82, 2.24) is 5.32 Å². The van der Waals surface area contributed by atoms with Crippen LogP contribution >= 0.6 is 0 Å². The minimum Gasteiger partial charge on any atom is -0.447 e. The van der Waals surface area contributed by atoms with Crippen LogP contribution < -0.4 is 5.32 Å². The largest absolute Gasteiger partial charge is 0.447 e. The summed E-state index contributed by atoms with van der Waals surface area (Å²) in [7, 11) is 0. The molecule has 0 aromatic rings. The molecule has 0 radical (unpaired) electrons. The van der Waals surface area contributed by atoms with Gasteiger partial charge in [-0.1, -0.05) is 19.3 Å². The second-order valence-corrected chi connectivity index (χ2v) is 4.59. The lowest BCUT2D eigenvalue weighted by molar-refractivity contribution is 0.00329. The first-order valence-corrected chi connectivity index (χ1v) is 5.69. The number of hydrogen-bond donors (Lipinski definition) is 2. The van der Waals surface area contributed by atoms with E-state index in [0.29, 0.717) is 6.54 Å². The first kappa shape index (κ1) is 12.3. The SMILES string of the molecule is CC(C)OC(=O)NCC1(O)CCCCC1. The van der Waals surface area contributed by atoms with E-state index in [1.165, 1.54) is 6.42 Å². The molecular weight excluding hydrogens is 194 g/mol. The van der Waals surface area contributed by atoms with E-state index >= 15 is 0 Å². The van der Waals surface area contributed by atoms with E-state index in [0.717, 1.165) is 25.7 Å². The summed E-state index contributed by atoms with van der Waals surface area (Å²) in [5.41, 5.74) is -0.714. The third kappa shape index (κ3) is 4.51. The Morgan fingerprint density at radius 3 is 2.53 bits per heavy atom. The first-order valence-electron chi connectivity index (χ1n) is 5.69. The fourth-order valence-electron chi connectivity index (χ4n) is 1.88. The monoisotopic (exact) mass is 215 g/mol. The second-order valence-electron chi connectivity index (χ2n) is 4.59. The lowest BCUT2D eigenvalue weighted by Gasteiger charge is -2.31. The molecule has 0 aromatic carbocycles. The molecule has 0 bridgehead atoms. The van der Waals surface area contributed by atoms with Crippen molar-refractivity contribution in [1.29, 1.82) is 0 Å². The Morgan fingerprint density at radius 2 is 2.00 bits per heavy atom. The number of alkyl carbamates (subject to hydrolysis) is 1. The van der Waals surface area contributed by atoms with E-state index in [1.807, 2.05) is 0 Å². The molecule has 0 unspecified atom stereocenters. The molecule has 1 amide bonds. The molecule has 88 valence electrons. The zero-order chi connectivity index (χ0) is 11.3. The van der Waals surface area contributed by atoms with Gasteiger partial charge in [-0.15, -0.1) is 0 Å². The van der Waals surface area contributed by atoms with Crippen LogP contribution in [0.15, 0.2) is 0 Å². The average molecular weight is 215 g/mol. The zero-order valence-electron chi connectivity index (χ0n) is 9.58. The molecule has 0 atom stereocenters. The molecule has 1 aliphatic carbocycles. The Kier molecular flexibility index (Phi) is 4.39. The van der Waals surface area contributed by atoms with Crippen molar-refractivity contribution in [3.8, 4) is 0 Å². The number of carbonyl (C=O) groups excluding carboxylic acids is 1. The maximum absolute atomic E-state index is 11.2. The first-order chi connectivity index (χ1) is 7.02. The highest BCUT2D eigenvalue weighted by molar-refractivity contribution is 5.67. The van der Waals surface area contributed by atoms with Crippen molar-refractivity contribution >= 4 is 6.09 Å². The van der Waals surface area contributed by atoms with Crippen LogP contribution in [-0.2, 0) is 4.74 Å². The fraction of sp³-hybridized carbons (Fsp3) is 0.909. The van der Waals surface area contributed by atoms with Crippen LogP contribution in [0.5, 0.6) is 0 Å². The normalized spacial score (nSPS) is 20.0. The number of hydrogen-bond acceptors (Lipinski definition) is 3. The van der Waals surface area contributed by atoms with Crippen LogP contribution in [-0.4, -0.2) is 29.4 Å². The molecule has 1 aliphatic rings. The van der Waals surface area contributed by atoms with Gasteiger partial charge in [-0.2, -0.15) is 0 Å². The maximum Gasteiger partial charge on any atom is 0.407 e. The predicted octanol–water partition coefficient (Wildman–Crippen LogP) is 1.82. The number of rotatable bonds is 3. The molecule has 4 heteroatoms. The summed E-state index contributed by atoms with van der Waals surface area (Å²) in [4.78, 5) is 11.2. The van der Waals surface area contributed by atoms with Crippen LogP contribution in [0.3, 0.4) is 0 Å². The van der Waals surface area contributed by atoms with Gasteiger partial charge in [0.25, 0.3) is 0 Å². The predicted molar refractivity (Wildman–Crippen MR) is 57.7 cm³/mol. The fourth-order valence-corrected chi connectivity index (χ4v) is 1.88. The summed E-state index contributed by atoms with van der Waals surface area (Å²) in [6, 6.07) is 0. The smallest absolute Gasteiger partial charge is 0.407 e. The Morgan fingerprint density at radius 1 is 1.40 bits per heavy atom. The highest BCUT2D eigenvalue weighted by atomic mass is 16.6. The second kappa shape index (κ2) is 5.35. The summed E-state index contributed by atoms with van der Waals surface area (Å²) in [6.07, 6.45) is 4.24. The van der Waals surface area contributed by atoms with E-state index in [1.54, 1.807) is 13.8 Å². The van der Waals surface area contributed by atoms with Gasteiger partial charge in [-0.05, 0) is 26.7 Å². The van der Waals surface area contributed by atoms with Crippen molar-refractivity contribution in [3.05, 3.63) is 0 Å². The van der Waals surface area contributed by atoms with Crippen LogP contribution in [0.25, 0.3) is 0 Å². The molecule has 0 aromatic heterocycles. The minimum absolute atomic E-state index is 0.119. The maximum atomic E-state index is 11.2. The lowest BCUT2D eigenvalue weighted by atomic mass is 9.85.